The standard InChI is InChI=1S/C20H33N5O2.HI/c1-5-21-19(23-15-18(26)24-20(2,3)4)22-14-16-6-8-17(9-7-16)25-10-12-27-13-11-25;/h6-9H,5,10-15H2,1-4H3,(H,24,26)(H2,21,22,23);1H. The minimum absolute atomic E-state index is 0. The zero-order valence-electron chi connectivity index (χ0n) is 17.4. The number of hydrogen-bond acceptors (Lipinski definition) is 4. The molecule has 2 rings (SSSR count). The molecule has 0 unspecified atom stereocenters. The van der Waals surface area contributed by atoms with Crippen molar-refractivity contribution in [1.29, 1.82) is 0 Å². The van der Waals surface area contributed by atoms with Crippen molar-refractivity contribution in [2.75, 3.05) is 44.3 Å². The first-order valence-corrected chi connectivity index (χ1v) is 9.62. The molecule has 0 aromatic heterocycles. The van der Waals surface area contributed by atoms with E-state index >= 15 is 0 Å². The fourth-order valence-corrected chi connectivity index (χ4v) is 2.77. The number of halogens is 1. The summed E-state index contributed by atoms with van der Waals surface area (Å²) in [6.45, 7) is 12.8. The minimum Gasteiger partial charge on any atom is -0.378 e. The topological polar surface area (TPSA) is 78.0 Å². The van der Waals surface area contributed by atoms with Crippen LogP contribution in [0.1, 0.15) is 33.3 Å². The first-order valence-electron chi connectivity index (χ1n) is 9.62. The normalized spacial score (nSPS) is 14.9. The van der Waals surface area contributed by atoms with Crippen molar-refractivity contribution in [1.82, 2.24) is 16.0 Å². The summed E-state index contributed by atoms with van der Waals surface area (Å²) in [6, 6.07) is 8.47. The molecule has 0 spiro atoms. The second-order valence-corrected chi connectivity index (χ2v) is 7.61. The fraction of sp³-hybridized carbons (Fsp3) is 0.600. The number of anilines is 1. The predicted molar refractivity (Wildman–Crippen MR) is 126 cm³/mol. The summed E-state index contributed by atoms with van der Waals surface area (Å²) in [5.41, 5.74) is 2.11. The van der Waals surface area contributed by atoms with E-state index in [0.29, 0.717) is 12.5 Å². The van der Waals surface area contributed by atoms with E-state index in [4.69, 9.17) is 4.74 Å². The second kappa shape index (κ2) is 12.1. The Kier molecular flexibility index (Phi) is 10.6. The van der Waals surface area contributed by atoms with Gasteiger partial charge in [-0.15, -0.1) is 24.0 Å². The number of ether oxygens (including phenoxy) is 1. The smallest absolute Gasteiger partial charge is 0.239 e. The molecule has 1 aliphatic heterocycles. The van der Waals surface area contributed by atoms with Crippen molar-refractivity contribution in [2.24, 2.45) is 4.99 Å². The lowest BCUT2D eigenvalue weighted by atomic mass is 10.1. The summed E-state index contributed by atoms with van der Waals surface area (Å²) in [6.07, 6.45) is 0. The number of guanidine groups is 1. The van der Waals surface area contributed by atoms with Crippen LogP contribution in [0.2, 0.25) is 0 Å². The highest BCUT2D eigenvalue weighted by atomic mass is 127. The Morgan fingerprint density at radius 1 is 1.14 bits per heavy atom. The molecule has 1 fully saturated rings. The zero-order valence-corrected chi connectivity index (χ0v) is 19.7. The van der Waals surface area contributed by atoms with Gasteiger partial charge >= 0.3 is 0 Å². The molecule has 28 heavy (non-hydrogen) atoms. The number of hydrogen-bond donors (Lipinski definition) is 3. The third-order valence-corrected chi connectivity index (χ3v) is 4.01. The van der Waals surface area contributed by atoms with E-state index in [-0.39, 0.29) is 42.0 Å². The molecule has 0 radical (unpaired) electrons. The van der Waals surface area contributed by atoms with Crippen LogP contribution in [-0.4, -0.2) is 56.8 Å². The van der Waals surface area contributed by atoms with Gasteiger partial charge in [0.15, 0.2) is 5.96 Å². The molecule has 3 N–H and O–H groups in total. The van der Waals surface area contributed by atoms with Crippen LogP contribution < -0.4 is 20.9 Å². The maximum Gasteiger partial charge on any atom is 0.239 e. The van der Waals surface area contributed by atoms with Gasteiger partial charge in [-0.25, -0.2) is 4.99 Å². The molecule has 8 heteroatoms. The molecule has 0 saturated carbocycles. The Balaban J connectivity index is 0.00000392. The van der Waals surface area contributed by atoms with E-state index < -0.39 is 0 Å². The van der Waals surface area contributed by atoms with Gasteiger partial charge in [0.1, 0.15) is 0 Å². The maximum atomic E-state index is 12.0. The number of morpholine rings is 1. The molecule has 1 saturated heterocycles. The molecule has 1 aromatic carbocycles. The lowest BCUT2D eigenvalue weighted by Crippen LogP contribution is -2.48. The predicted octanol–water partition coefficient (Wildman–Crippen LogP) is 2.11. The lowest BCUT2D eigenvalue weighted by molar-refractivity contribution is -0.121. The van der Waals surface area contributed by atoms with Crippen LogP contribution >= 0.6 is 24.0 Å². The van der Waals surface area contributed by atoms with Crippen molar-refractivity contribution < 1.29 is 9.53 Å². The molecule has 1 aromatic rings. The van der Waals surface area contributed by atoms with Gasteiger partial charge in [-0.05, 0) is 45.4 Å². The average Bonchev–Trinajstić information content (AvgIpc) is 2.64. The molecule has 0 atom stereocenters. The van der Waals surface area contributed by atoms with E-state index in [0.717, 1.165) is 38.4 Å². The highest BCUT2D eigenvalue weighted by Crippen LogP contribution is 2.17. The van der Waals surface area contributed by atoms with Gasteiger partial charge in [-0.1, -0.05) is 12.1 Å². The Labute approximate surface area is 185 Å². The van der Waals surface area contributed by atoms with E-state index in [1.54, 1.807) is 0 Å². The van der Waals surface area contributed by atoms with Crippen LogP contribution in [0.15, 0.2) is 29.3 Å². The van der Waals surface area contributed by atoms with Crippen molar-refractivity contribution >= 4 is 41.5 Å². The molecular weight excluding hydrogens is 469 g/mol. The summed E-state index contributed by atoms with van der Waals surface area (Å²) in [5, 5.41) is 9.18. The third kappa shape index (κ3) is 9.09. The Morgan fingerprint density at radius 3 is 2.36 bits per heavy atom. The number of benzene rings is 1. The van der Waals surface area contributed by atoms with Crippen LogP contribution in [0.5, 0.6) is 0 Å². The van der Waals surface area contributed by atoms with Crippen molar-refractivity contribution in [2.45, 2.75) is 39.8 Å². The molecule has 1 heterocycles. The highest BCUT2D eigenvalue weighted by molar-refractivity contribution is 14.0. The van der Waals surface area contributed by atoms with Gasteiger partial charge in [0.2, 0.25) is 5.91 Å². The van der Waals surface area contributed by atoms with E-state index in [2.05, 4.69) is 50.1 Å². The first-order chi connectivity index (χ1) is 12.9. The maximum absolute atomic E-state index is 12.0. The van der Waals surface area contributed by atoms with Gasteiger partial charge in [0, 0.05) is 30.9 Å². The number of rotatable bonds is 6. The molecule has 0 bridgehead atoms. The van der Waals surface area contributed by atoms with Crippen LogP contribution in [-0.2, 0) is 16.1 Å². The van der Waals surface area contributed by atoms with Crippen molar-refractivity contribution in [3.8, 4) is 0 Å². The molecule has 0 aliphatic carbocycles. The monoisotopic (exact) mass is 503 g/mol. The van der Waals surface area contributed by atoms with Crippen LogP contribution in [0.4, 0.5) is 5.69 Å². The number of nitrogens with one attached hydrogen (secondary N) is 3. The van der Waals surface area contributed by atoms with Crippen molar-refractivity contribution in [3.05, 3.63) is 29.8 Å². The number of carbonyl (C=O) groups excluding carboxylic acids is 1. The summed E-state index contributed by atoms with van der Waals surface area (Å²) >= 11 is 0. The average molecular weight is 503 g/mol. The molecule has 7 nitrogen and oxygen atoms in total. The number of nitrogens with zero attached hydrogens (tertiary/aromatic N) is 2. The lowest BCUT2D eigenvalue weighted by Gasteiger charge is -2.28. The second-order valence-electron chi connectivity index (χ2n) is 7.61. The van der Waals surface area contributed by atoms with Crippen LogP contribution in [0, 0.1) is 0 Å². The minimum atomic E-state index is -0.240. The van der Waals surface area contributed by atoms with Crippen molar-refractivity contribution in [3.63, 3.8) is 0 Å². The number of carbonyl (C=O) groups is 1. The quantitative estimate of drug-likeness (QED) is 0.315. The number of aliphatic imine (C=N–C) groups is 1. The molecule has 158 valence electrons. The van der Waals surface area contributed by atoms with Gasteiger partial charge in [-0.2, -0.15) is 0 Å². The molecule has 1 amide bonds. The summed E-state index contributed by atoms with van der Waals surface area (Å²) in [4.78, 5) is 18.9. The highest BCUT2D eigenvalue weighted by Gasteiger charge is 2.14. The van der Waals surface area contributed by atoms with Crippen LogP contribution in [0.3, 0.4) is 0 Å². The summed E-state index contributed by atoms with van der Waals surface area (Å²) in [5.74, 6) is 0.585. The van der Waals surface area contributed by atoms with Crippen LogP contribution in [0.25, 0.3) is 0 Å². The van der Waals surface area contributed by atoms with E-state index in [1.165, 1.54) is 5.69 Å². The van der Waals surface area contributed by atoms with Gasteiger partial charge in [0.05, 0.1) is 26.3 Å². The summed E-state index contributed by atoms with van der Waals surface area (Å²) < 4.78 is 5.40. The summed E-state index contributed by atoms with van der Waals surface area (Å²) in [7, 11) is 0. The van der Waals surface area contributed by atoms with E-state index in [9.17, 15) is 4.79 Å². The Hall–Kier alpha value is -1.55. The third-order valence-electron chi connectivity index (χ3n) is 4.01. The molecule has 1 aliphatic rings. The fourth-order valence-electron chi connectivity index (χ4n) is 2.77. The Bertz CT molecular complexity index is 622. The van der Waals surface area contributed by atoms with Gasteiger partial charge in [0.25, 0.3) is 0 Å². The largest absolute Gasteiger partial charge is 0.378 e. The Morgan fingerprint density at radius 2 is 1.79 bits per heavy atom. The molecular formula is C20H34IN5O2. The SMILES string of the molecule is CCNC(=NCc1ccc(N2CCOCC2)cc1)NCC(=O)NC(C)(C)C.I. The van der Waals surface area contributed by atoms with Gasteiger partial charge < -0.3 is 25.6 Å². The van der Waals surface area contributed by atoms with Gasteiger partial charge in [-0.3, -0.25) is 4.79 Å². The zero-order chi connectivity index (χ0) is 19.7. The first kappa shape index (κ1) is 24.5. The van der Waals surface area contributed by atoms with E-state index in [1.807, 2.05) is 27.7 Å². The number of amides is 1.